The van der Waals surface area contributed by atoms with Crippen molar-refractivity contribution in [1.82, 2.24) is 10.6 Å². The van der Waals surface area contributed by atoms with Gasteiger partial charge in [0.15, 0.2) is 6.23 Å². The Morgan fingerprint density at radius 2 is 2.25 bits per heavy atom. The zero-order valence-corrected chi connectivity index (χ0v) is 6.46. The highest BCUT2D eigenvalue weighted by atomic mass is 19.1. The van der Waals surface area contributed by atoms with Crippen LogP contribution >= 0.6 is 0 Å². The third kappa shape index (κ3) is 1.70. The molecular weight excluding hydrogens is 167 g/mol. The van der Waals surface area contributed by atoms with Crippen LogP contribution in [0, 0.1) is 0 Å². The summed E-state index contributed by atoms with van der Waals surface area (Å²) in [4.78, 5) is 21.3. The van der Waals surface area contributed by atoms with Crippen LogP contribution in [0.2, 0.25) is 0 Å². The van der Waals surface area contributed by atoms with Crippen molar-refractivity contribution in [2.45, 2.75) is 19.3 Å². The number of carbonyl (C=O) groups excluding carboxylic acids is 2. The molecule has 0 spiro atoms. The molecule has 1 rings (SSSR count). The van der Waals surface area contributed by atoms with E-state index in [-0.39, 0.29) is 6.61 Å². The van der Waals surface area contributed by atoms with Gasteiger partial charge in [-0.3, -0.25) is 10.1 Å². The topological polar surface area (TPSA) is 67.4 Å². The van der Waals surface area contributed by atoms with Crippen molar-refractivity contribution in [2.75, 3.05) is 6.61 Å². The smallest absolute Gasteiger partial charge is 0.323 e. The summed E-state index contributed by atoms with van der Waals surface area (Å²) < 4.78 is 17.6. The monoisotopic (exact) mass is 176 g/mol. The van der Waals surface area contributed by atoms with E-state index in [4.69, 9.17) is 4.74 Å². The number of rotatable bonds is 2. The lowest BCUT2D eigenvalue weighted by molar-refractivity contribution is -0.134. The summed E-state index contributed by atoms with van der Waals surface area (Å²) >= 11 is 0. The van der Waals surface area contributed by atoms with Gasteiger partial charge in [-0.1, -0.05) is 0 Å². The molecule has 1 fully saturated rings. The fourth-order valence-corrected chi connectivity index (χ4v) is 0.862. The average molecular weight is 176 g/mol. The van der Waals surface area contributed by atoms with Gasteiger partial charge in [-0.25, -0.2) is 9.18 Å². The largest absolute Gasteiger partial charge is 0.355 e. The predicted molar refractivity (Wildman–Crippen MR) is 37.0 cm³/mol. The Morgan fingerprint density at radius 3 is 2.83 bits per heavy atom. The molecule has 0 aromatic carbocycles. The number of urea groups is 1. The second kappa shape index (κ2) is 3.48. The second-order valence-electron chi connectivity index (χ2n) is 2.24. The molecule has 3 amide bonds. The average Bonchev–Trinajstić information content (AvgIpc) is 2.00. The molecule has 0 unspecified atom stereocenters. The van der Waals surface area contributed by atoms with Crippen LogP contribution in [0.5, 0.6) is 0 Å². The Morgan fingerprint density at radius 1 is 1.58 bits per heavy atom. The Hall–Kier alpha value is -1.17. The van der Waals surface area contributed by atoms with Crippen LogP contribution < -0.4 is 10.6 Å². The SMILES string of the molecule is CCO[C@@H]1NC(=O)NC(=O)[C@H]1F. The van der Waals surface area contributed by atoms with Crippen LogP contribution in [0.1, 0.15) is 6.92 Å². The van der Waals surface area contributed by atoms with E-state index in [1.165, 1.54) is 0 Å². The summed E-state index contributed by atoms with van der Waals surface area (Å²) in [6.07, 6.45) is -2.99. The van der Waals surface area contributed by atoms with Gasteiger partial charge in [-0.2, -0.15) is 0 Å². The molecule has 0 radical (unpaired) electrons. The number of amides is 3. The highest BCUT2D eigenvalue weighted by Crippen LogP contribution is 2.05. The maximum absolute atomic E-state index is 12.9. The summed E-state index contributed by atoms with van der Waals surface area (Å²) in [5.41, 5.74) is 0. The van der Waals surface area contributed by atoms with Gasteiger partial charge in [0, 0.05) is 6.61 Å². The summed E-state index contributed by atoms with van der Waals surface area (Å²) in [7, 11) is 0. The number of hydrogen-bond donors (Lipinski definition) is 2. The van der Waals surface area contributed by atoms with Crippen molar-refractivity contribution < 1.29 is 18.7 Å². The zero-order valence-electron chi connectivity index (χ0n) is 6.46. The van der Waals surface area contributed by atoms with Crippen LogP contribution in [-0.4, -0.2) is 30.9 Å². The molecule has 1 heterocycles. The third-order valence-electron chi connectivity index (χ3n) is 1.37. The number of carbonyl (C=O) groups is 2. The minimum atomic E-state index is -1.83. The van der Waals surface area contributed by atoms with Crippen molar-refractivity contribution in [3.8, 4) is 0 Å². The number of ether oxygens (including phenoxy) is 1. The molecule has 12 heavy (non-hydrogen) atoms. The van der Waals surface area contributed by atoms with Gasteiger partial charge in [0.2, 0.25) is 6.17 Å². The Kier molecular flexibility index (Phi) is 2.59. The summed E-state index contributed by atoms with van der Waals surface area (Å²) in [5, 5.41) is 3.90. The first-order valence-corrected chi connectivity index (χ1v) is 3.52. The molecule has 1 aliphatic heterocycles. The van der Waals surface area contributed by atoms with Crippen LogP contribution in [0.25, 0.3) is 0 Å². The van der Waals surface area contributed by atoms with Crippen molar-refractivity contribution in [3.63, 3.8) is 0 Å². The van der Waals surface area contributed by atoms with Gasteiger partial charge in [0.1, 0.15) is 0 Å². The van der Waals surface area contributed by atoms with Gasteiger partial charge in [-0.05, 0) is 6.92 Å². The molecule has 2 atom stereocenters. The fourth-order valence-electron chi connectivity index (χ4n) is 0.862. The van der Waals surface area contributed by atoms with Crippen molar-refractivity contribution in [3.05, 3.63) is 0 Å². The predicted octanol–water partition coefficient (Wildman–Crippen LogP) is -0.474. The molecular formula is C6H9FN2O3. The van der Waals surface area contributed by atoms with E-state index in [9.17, 15) is 14.0 Å². The van der Waals surface area contributed by atoms with Gasteiger partial charge in [-0.15, -0.1) is 0 Å². The lowest BCUT2D eigenvalue weighted by Crippen LogP contribution is -2.60. The van der Waals surface area contributed by atoms with Crippen LogP contribution in [0.4, 0.5) is 9.18 Å². The quantitative estimate of drug-likeness (QED) is 0.597. The molecule has 0 bridgehead atoms. The summed E-state index contributed by atoms with van der Waals surface area (Å²) in [6.45, 7) is 1.88. The van der Waals surface area contributed by atoms with E-state index < -0.39 is 24.3 Å². The van der Waals surface area contributed by atoms with E-state index in [1.54, 1.807) is 12.2 Å². The molecule has 2 N–H and O–H groups in total. The molecule has 6 heteroatoms. The molecule has 0 saturated carbocycles. The standard InChI is InChI=1S/C6H9FN2O3/c1-2-12-5-3(7)4(10)8-6(11)9-5/h3,5H,2H2,1H3,(H2,8,9,10,11)/t3-,5+/m1/s1. The molecule has 0 aliphatic carbocycles. The Balaban J connectivity index is 2.59. The van der Waals surface area contributed by atoms with Gasteiger partial charge < -0.3 is 10.1 Å². The van der Waals surface area contributed by atoms with E-state index in [0.717, 1.165) is 0 Å². The van der Waals surface area contributed by atoms with Gasteiger partial charge >= 0.3 is 6.03 Å². The molecule has 5 nitrogen and oxygen atoms in total. The van der Waals surface area contributed by atoms with Gasteiger partial charge in [0.25, 0.3) is 5.91 Å². The molecule has 68 valence electrons. The van der Waals surface area contributed by atoms with Crippen molar-refractivity contribution >= 4 is 11.9 Å². The summed E-state index contributed by atoms with van der Waals surface area (Å²) in [6, 6.07) is -0.729. The number of hydrogen-bond acceptors (Lipinski definition) is 3. The molecule has 1 saturated heterocycles. The first-order valence-electron chi connectivity index (χ1n) is 3.52. The second-order valence-corrected chi connectivity index (χ2v) is 2.24. The normalized spacial score (nSPS) is 29.5. The fraction of sp³-hybridized carbons (Fsp3) is 0.667. The van der Waals surface area contributed by atoms with Crippen molar-refractivity contribution in [1.29, 1.82) is 0 Å². The number of halogens is 1. The minimum Gasteiger partial charge on any atom is -0.355 e. The Labute approximate surface area is 68.3 Å². The highest BCUT2D eigenvalue weighted by Gasteiger charge is 2.35. The molecule has 0 aromatic heterocycles. The minimum absolute atomic E-state index is 0.235. The zero-order chi connectivity index (χ0) is 9.14. The van der Waals surface area contributed by atoms with E-state index in [0.29, 0.717) is 0 Å². The van der Waals surface area contributed by atoms with Crippen molar-refractivity contribution in [2.24, 2.45) is 0 Å². The lowest BCUT2D eigenvalue weighted by Gasteiger charge is -2.25. The Bertz CT molecular complexity index is 209. The van der Waals surface area contributed by atoms with Crippen LogP contribution in [-0.2, 0) is 9.53 Å². The number of nitrogens with one attached hydrogen (secondary N) is 2. The lowest BCUT2D eigenvalue weighted by atomic mass is 10.3. The van der Waals surface area contributed by atoms with Crippen LogP contribution in [0.15, 0.2) is 0 Å². The third-order valence-corrected chi connectivity index (χ3v) is 1.37. The molecule has 0 aromatic rings. The highest BCUT2D eigenvalue weighted by molar-refractivity contribution is 5.99. The van der Waals surface area contributed by atoms with Crippen LogP contribution in [0.3, 0.4) is 0 Å². The van der Waals surface area contributed by atoms with E-state index in [1.807, 2.05) is 0 Å². The summed E-state index contributed by atoms with van der Waals surface area (Å²) in [5.74, 6) is -0.961. The maximum atomic E-state index is 12.9. The van der Waals surface area contributed by atoms with Gasteiger partial charge in [0.05, 0.1) is 0 Å². The number of alkyl halides is 1. The van der Waals surface area contributed by atoms with E-state index in [2.05, 4.69) is 5.32 Å². The van der Waals surface area contributed by atoms with E-state index >= 15 is 0 Å². The first-order chi connectivity index (χ1) is 5.65. The molecule has 1 aliphatic rings. The first kappa shape index (κ1) is 8.92. The maximum Gasteiger partial charge on any atom is 0.323 e. The number of imide groups is 1.